The molecule has 0 aliphatic heterocycles. The van der Waals surface area contributed by atoms with E-state index in [4.69, 9.17) is 0 Å². The van der Waals surface area contributed by atoms with E-state index in [2.05, 4.69) is 0 Å². The van der Waals surface area contributed by atoms with Gasteiger partial charge in [-0.15, -0.1) is 0 Å². The first-order chi connectivity index (χ1) is 12.7. The van der Waals surface area contributed by atoms with Crippen molar-refractivity contribution in [3.8, 4) is 11.1 Å². The maximum atomic E-state index is 13.2. The maximum Gasteiger partial charge on any atom is 0.195 e. The molecule has 2 heteroatoms. The molecule has 0 fully saturated rings. The van der Waals surface area contributed by atoms with Crippen LogP contribution in [-0.4, -0.2) is 11.6 Å². The number of ketones is 2. The topological polar surface area (TPSA) is 34.1 Å². The molecular formula is C24H14O2. The summed E-state index contributed by atoms with van der Waals surface area (Å²) in [6.07, 6.45) is 0. The molecular weight excluding hydrogens is 320 g/mol. The number of hydrogen-bond acceptors (Lipinski definition) is 2. The van der Waals surface area contributed by atoms with Gasteiger partial charge >= 0.3 is 0 Å². The quantitative estimate of drug-likeness (QED) is 0.418. The fourth-order valence-electron chi connectivity index (χ4n) is 3.72. The Bertz CT molecular complexity index is 1200. The second kappa shape index (κ2) is 5.50. The van der Waals surface area contributed by atoms with Crippen molar-refractivity contribution >= 4 is 22.3 Å². The molecule has 0 saturated carbocycles. The summed E-state index contributed by atoms with van der Waals surface area (Å²) in [5, 5.41) is 1.79. The van der Waals surface area contributed by atoms with Crippen LogP contribution in [0.4, 0.5) is 0 Å². The van der Waals surface area contributed by atoms with E-state index < -0.39 is 0 Å². The Hall–Kier alpha value is -3.52. The standard InChI is InChI=1S/C24H14O2/c25-23-18-8-4-5-9-19(18)24(26)22-20(23)13-12-16-10-11-17(14-21(16)22)15-6-2-1-3-7-15/h1-14H. The van der Waals surface area contributed by atoms with Crippen molar-refractivity contribution < 1.29 is 9.59 Å². The van der Waals surface area contributed by atoms with E-state index in [0.29, 0.717) is 22.3 Å². The number of rotatable bonds is 1. The zero-order valence-electron chi connectivity index (χ0n) is 13.9. The highest BCUT2D eigenvalue weighted by atomic mass is 16.1. The molecule has 2 nitrogen and oxygen atoms in total. The molecule has 4 aromatic rings. The minimum absolute atomic E-state index is 0.0778. The lowest BCUT2D eigenvalue weighted by Crippen LogP contribution is -2.21. The van der Waals surface area contributed by atoms with E-state index in [9.17, 15) is 9.59 Å². The predicted octanol–water partition coefficient (Wildman–Crippen LogP) is 5.28. The Morgan fingerprint density at radius 2 is 1.15 bits per heavy atom. The first-order valence-electron chi connectivity index (χ1n) is 8.54. The zero-order chi connectivity index (χ0) is 17.7. The van der Waals surface area contributed by atoms with Crippen LogP contribution < -0.4 is 0 Å². The van der Waals surface area contributed by atoms with Gasteiger partial charge in [-0.3, -0.25) is 9.59 Å². The summed E-state index contributed by atoms with van der Waals surface area (Å²) < 4.78 is 0. The average Bonchev–Trinajstić information content (AvgIpc) is 2.71. The minimum Gasteiger partial charge on any atom is -0.289 e. The van der Waals surface area contributed by atoms with Gasteiger partial charge in [0.05, 0.1) is 0 Å². The second-order valence-electron chi connectivity index (χ2n) is 6.49. The first-order valence-corrected chi connectivity index (χ1v) is 8.54. The third kappa shape index (κ3) is 2.06. The average molecular weight is 334 g/mol. The van der Waals surface area contributed by atoms with Gasteiger partial charge in [0.1, 0.15) is 0 Å². The number of fused-ring (bicyclic) bond motifs is 4. The molecule has 1 aliphatic carbocycles. The first kappa shape index (κ1) is 14.8. The molecule has 26 heavy (non-hydrogen) atoms. The van der Waals surface area contributed by atoms with E-state index in [1.807, 2.05) is 54.6 Å². The van der Waals surface area contributed by atoms with Crippen LogP contribution in [0, 0.1) is 0 Å². The van der Waals surface area contributed by atoms with Crippen molar-refractivity contribution in [2.24, 2.45) is 0 Å². The van der Waals surface area contributed by atoms with Crippen LogP contribution in [0.2, 0.25) is 0 Å². The largest absolute Gasteiger partial charge is 0.289 e. The number of carbonyl (C=O) groups is 2. The van der Waals surface area contributed by atoms with E-state index in [-0.39, 0.29) is 11.6 Å². The van der Waals surface area contributed by atoms with Crippen LogP contribution in [0.15, 0.2) is 84.9 Å². The van der Waals surface area contributed by atoms with Gasteiger partial charge in [-0.25, -0.2) is 0 Å². The monoisotopic (exact) mass is 334 g/mol. The SMILES string of the molecule is O=C1c2ccccc2C(=O)c2c1ccc1ccc(-c3ccccc3)cc21. The molecule has 0 atom stereocenters. The Morgan fingerprint density at radius 3 is 1.92 bits per heavy atom. The number of benzene rings is 4. The Balaban J connectivity index is 1.81. The summed E-state index contributed by atoms with van der Waals surface area (Å²) in [6, 6.07) is 26.9. The predicted molar refractivity (Wildman–Crippen MR) is 103 cm³/mol. The third-order valence-corrected chi connectivity index (χ3v) is 5.02. The van der Waals surface area contributed by atoms with Crippen LogP contribution in [0.25, 0.3) is 21.9 Å². The third-order valence-electron chi connectivity index (χ3n) is 5.02. The van der Waals surface area contributed by atoms with Crippen molar-refractivity contribution in [1.29, 1.82) is 0 Å². The van der Waals surface area contributed by atoms with E-state index in [1.165, 1.54) is 0 Å². The normalized spacial score (nSPS) is 12.8. The molecule has 5 rings (SSSR count). The van der Waals surface area contributed by atoms with Crippen LogP contribution in [-0.2, 0) is 0 Å². The van der Waals surface area contributed by atoms with E-state index in [1.54, 1.807) is 30.3 Å². The zero-order valence-corrected chi connectivity index (χ0v) is 13.9. The smallest absolute Gasteiger partial charge is 0.195 e. The van der Waals surface area contributed by atoms with Gasteiger partial charge in [-0.2, -0.15) is 0 Å². The van der Waals surface area contributed by atoms with Gasteiger partial charge in [0.2, 0.25) is 0 Å². The summed E-state index contributed by atoms with van der Waals surface area (Å²) in [4.78, 5) is 26.1. The molecule has 122 valence electrons. The molecule has 0 N–H and O–H groups in total. The van der Waals surface area contributed by atoms with Crippen LogP contribution in [0.3, 0.4) is 0 Å². The van der Waals surface area contributed by atoms with Crippen LogP contribution in [0.5, 0.6) is 0 Å². The second-order valence-corrected chi connectivity index (χ2v) is 6.49. The minimum atomic E-state index is -0.0813. The molecule has 4 aromatic carbocycles. The van der Waals surface area contributed by atoms with Crippen molar-refractivity contribution in [2.45, 2.75) is 0 Å². The highest BCUT2D eigenvalue weighted by molar-refractivity contribution is 6.32. The van der Waals surface area contributed by atoms with Crippen molar-refractivity contribution in [1.82, 2.24) is 0 Å². The summed E-state index contributed by atoms with van der Waals surface area (Å²) in [5.41, 5.74) is 4.11. The van der Waals surface area contributed by atoms with Gasteiger partial charge in [0.15, 0.2) is 11.6 Å². The molecule has 0 amide bonds. The van der Waals surface area contributed by atoms with E-state index in [0.717, 1.165) is 21.9 Å². The van der Waals surface area contributed by atoms with Gasteiger partial charge < -0.3 is 0 Å². The molecule has 1 aliphatic rings. The molecule has 0 saturated heterocycles. The lowest BCUT2D eigenvalue weighted by Gasteiger charge is -2.19. The summed E-state index contributed by atoms with van der Waals surface area (Å²) in [7, 11) is 0. The summed E-state index contributed by atoms with van der Waals surface area (Å²) >= 11 is 0. The van der Waals surface area contributed by atoms with Gasteiger partial charge in [0.25, 0.3) is 0 Å². The highest BCUT2D eigenvalue weighted by Gasteiger charge is 2.30. The summed E-state index contributed by atoms with van der Waals surface area (Å²) in [5.74, 6) is -0.159. The lowest BCUT2D eigenvalue weighted by molar-refractivity contribution is 0.0980. The molecule has 0 bridgehead atoms. The van der Waals surface area contributed by atoms with Crippen molar-refractivity contribution in [2.75, 3.05) is 0 Å². The molecule has 0 aromatic heterocycles. The molecule has 0 spiro atoms. The lowest BCUT2D eigenvalue weighted by atomic mass is 9.81. The molecule has 0 unspecified atom stereocenters. The summed E-state index contributed by atoms with van der Waals surface area (Å²) in [6.45, 7) is 0. The van der Waals surface area contributed by atoms with Crippen molar-refractivity contribution in [3.63, 3.8) is 0 Å². The van der Waals surface area contributed by atoms with E-state index >= 15 is 0 Å². The Morgan fingerprint density at radius 1 is 0.500 bits per heavy atom. The van der Waals surface area contributed by atoms with Gasteiger partial charge in [0, 0.05) is 22.3 Å². The van der Waals surface area contributed by atoms with Crippen LogP contribution in [0.1, 0.15) is 31.8 Å². The number of hydrogen-bond donors (Lipinski definition) is 0. The fraction of sp³-hybridized carbons (Fsp3) is 0. The Kier molecular flexibility index (Phi) is 3.13. The van der Waals surface area contributed by atoms with Gasteiger partial charge in [-0.05, 0) is 34.0 Å². The van der Waals surface area contributed by atoms with Gasteiger partial charge in [-0.1, -0.05) is 72.8 Å². The maximum absolute atomic E-state index is 13.2. The molecule has 0 radical (unpaired) electrons. The fourth-order valence-corrected chi connectivity index (χ4v) is 3.72. The molecule has 0 heterocycles. The van der Waals surface area contributed by atoms with Crippen molar-refractivity contribution in [3.05, 3.63) is 107 Å². The van der Waals surface area contributed by atoms with Crippen LogP contribution >= 0.6 is 0 Å². The highest BCUT2D eigenvalue weighted by Crippen LogP contribution is 2.34. The Labute approximate surface area is 150 Å². The number of carbonyl (C=O) groups excluding carboxylic acids is 2.